The second-order valence-electron chi connectivity index (χ2n) is 4.35. The van der Waals surface area contributed by atoms with Crippen molar-refractivity contribution in [2.75, 3.05) is 20.1 Å². The highest BCUT2D eigenvalue weighted by Gasteiger charge is 2.26. The van der Waals surface area contributed by atoms with E-state index in [4.69, 9.17) is 0 Å². The first-order chi connectivity index (χ1) is 10.1. The number of imide groups is 1. The van der Waals surface area contributed by atoms with Gasteiger partial charge in [0.1, 0.15) is 0 Å². The highest BCUT2D eigenvalue weighted by atomic mass is 16.2. The summed E-state index contributed by atoms with van der Waals surface area (Å²) in [7, 11) is 1.53. The summed E-state index contributed by atoms with van der Waals surface area (Å²) < 4.78 is 0. The Morgan fingerprint density at radius 1 is 1.19 bits per heavy atom. The summed E-state index contributed by atoms with van der Waals surface area (Å²) in [6.07, 6.45) is 0. The van der Waals surface area contributed by atoms with Crippen molar-refractivity contribution in [1.29, 1.82) is 0 Å². The van der Waals surface area contributed by atoms with Gasteiger partial charge in [0.25, 0.3) is 11.8 Å². The molecule has 0 aliphatic heterocycles. The quantitative estimate of drug-likeness (QED) is 0.534. The first kappa shape index (κ1) is 16.6. The zero-order chi connectivity index (χ0) is 15.7. The van der Waals surface area contributed by atoms with Gasteiger partial charge < -0.3 is 16.0 Å². The number of hydrogen-bond acceptors (Lipinski definition) is 3. The third-order valence-corrected chi connectivity index (χ3v) is 2.83. The van der Waals surface area contributed by atoms with Gasteiger partial charge in [0.2, 0.25) is 0 Å². The average molecular weight is 293 g/mol. The standard InChI is InChI=1S/C14H20N4O3/c1-3-16-14(21)18-13(20)12(17-9-11(19)15-2)10-7-5-4-6-8-10/h4-8,12,17H,3,9H2,1-2H3,(H,15,19)(H2,16,18,20,21)/p+1/t12-/m1/s1. The molecule has 0 unspecified atom stereocenters. The summed E-state index contributed by atoms with van der Waals surface area (Å²) in [5, 5.41) is 8.84. The van der Waals surface area contributed by atoms with E-state index in [1.807, 2.05) is 6.07 Å². The van der Waals surface area contributed by atoms with Crippen LogP contribution in [0, 0.1) is 0 Å². The number of nitrogens with two attached hydrogens (primary N) is 1. The Morgan fingerprint density at radius 2 is 1.86 bits per heavy atom. The third kappa shape index (κ3) is 5.62. The van der Waals surface area contributed by atoms with Crippen molar-refractivity contribution < 1.29 is 19.7 Å². The number of nitrogens with one attached hydrogen (secondary N) is 3. The molecule has 0 aliphatic carbocycles. The van der Waals surface area contributed by atoms with Crippen LogP contribution in [0.15, 0.2) is 30.3 Å². The SMILES string of the molecule is CCNC(=O)NC(=O)[C@H]([NH2+]CC(=O)NC)c1ccccc1. The number of benzene rings is 1. The van der Waals surface area contributed by atoms with E-state index >= 15 is 0 Å². The van der Waals surface area contributed by atoms with Crippen molar-refractivity contribution in [3.8, 4) is 0 Å². The number of quaternary nitrogens is 1. The van der Waals surface area contributed by atoms with Crippen molar-refractivity contribution >= 4 is 17.8 Å². The van der Waals surface area contributed by atoms with Crippen LogP contribution in [0.25, 0.3) is 0 Å². The van der Waals surface area contributed by atoms with E-state index in [9.17, 15) is 14.4 Å². The summed E-state index contributed by atoms with van der Waals surface area (Å²) >= 11 is 0. The predicted octanol–water partition coefficient (Wildman–Crippen LogP) is -1.12. The van der Waals surface area contributed by atoms with E-state index in [1.165, 1.54) is 7.05 Å². The van der Waals surface area contributed by atoms with Crippen molar-refractivity contribution in [2.24, 2.45) is 0 Å². The van der Waals surface area contributed by atoms with Gasteiger partial charge in [0.05, 0.1) is 0 Å². The molecule has 0 fully saturated rings. The molecule has 0 bridgehead atoms. The van der Waals surface area contributed by atoms with Crippen molar-refractivity contribution in [1.82, 2.24) is 16.0 Å². The molecule has 0 radical (unpaired) electrons. The summed E-state index contributed by atoms with van der Waals surface area (Å²) in [5.74, 6) is -0.655. The zero-order valence-corrected chi connectivity index (χ0v) is 12.2. The van der Waals surface area contributed by atoms with Crippen molar-refractivity contribution in [3.05, 3.63) is 35.9 Å². The average Bonchev–Trinajstić information content (AvgIpc) is 2.48. The van der Waals surface area contributed by atoms with E-state index < -0.39 is 18.0 Å². The molecule has 114 valence electrons. The van der Waals surface area contributed by atoms with Gasteiger partial charge in [-0.2, -0.15) is 0 Å². The molecule has 7 heteroatoms. The number of amides is 4. The number of rotatable bonds is 6. The van der Waals surface area contributed by atoms with Crippen LogP contribution in [-0.4, -0.2) is 38.0 Å². The fraction of sp³-hybridized carbons (Fsp3) is 0.357. The molecule has 1 rings (SSSR count). The number of hydrogen-bond donors (Lipinski definition) is 4. The number of urea groups is 1. The predicted molar refractivity (Wildman–Crippen MR) is 77.3 cm³/mol. The molecular formula is C14H21N4O3+. The van der Waals surface area contributed by atoms with Crippen molar-refractivity contribution in [2.45, 2.75) is 13.0 Å². The molecule has 7 nitrogen and oxygen atoms in total. The number of carbonyl (C=O) groups is 3. The maximum Gasteiger partial charge on any atom is 0.321 e. The lowest BCUT2D eigenvalue weighted by atomic mass is 10.1. The molecule has 1 aromatic rings. The van der Waals surface area contributed by atoms with Gasteiger partial charge in [-0.3, -0.25) is 14.9 Å². The lowest BCUT2D eigenvalue weighted by Gasteiger charge is -2.15. The minimum Gasteiger partial charge on any atom is -0.354 e. The van der Waals surface area contributed by atoms with E-state index in [-0.39, 0.29) is 12.5 Å². The second kappa shape index (κ2) is 8.70. The summed E-state index contributed by atoms with van der Waals surface area (Å²) in [5.41, 5.74) is 0.725. The van der Waals surface area contributed by atoms with Crippen LogP contribution < -0.4 is 21.3 Å². The Labute approximate surface area is 123 Å². The molecular weight excluding hydrogens is 272 g/mol. The van der Waals surface area contributed by atoms with Crippen molar-refractivity contribution in [3.63, 3.8) is 0 Å². The fourth-order valence-corrected chi connectivity index (χ4v) is 1.78. The monoisotopic (exact) mass is 293 g/mol. The van der Waals surface area contributed by atoms with Gasteiger partial charge in [0, 0.05) is 19.2 Å². The molecule has 0 heterocycles. The Balaban J connectivity index is 2.78. The Kier molecular flexibility index (Phi) is 6.90. The Morgan fingerprint density at radius 3 is 2.43 bits per heavy atom. The number of likely N-dealkylation sites (N-methyl/N-ethyl adjacent to an activating group) is 1. The molecule has 0 saturated carbocycles. The van der Waals surface area contributed by atoms with Gasteiger partial charge in [-0.1, -0.05) is 30.3 Å². The van der Waals surface area contributed by atoms with Crippen LogP contribution in [0.3, 0.4) is 0 Å². The van der Waals surface area contributed by atoms with Gasteiger partial charge in [-0.25, -0.2) is 4.79 Å². The van der Waals surface area contributed by atoms with Gasteiger partial charge in [0.15, 0.2) is 12.6 Å². The largest absolute Gasteiger partial charge is 0.354 e. The normalized spacial score (nSPS) is 11.3. The minimum atomic E-state index is -0.661. The molecule has 1 atom stereocenters. The molecule has 0 aromatic heterocycles. The highest BCUT2D eigenvalue weighted by molar-refractivity contribution is 5.96. The van der Waals surface area contributed by atoms with Crippen LogP contribution >= 0.6 is 0 Å². The van der Waals surface area contributed by atoms with Gasteiger partial charge >= 0.3 is 6.03 Å². The molecule has 21 heavy (non-hydrogen) atoms. The van der Waals surface area contributed by atoms with Crippen LogP contribution in [0.1, 0.15) is 18.5 Å². The molecule has 0 aliphatic rings. The zero-order valence-electron chi connectivity index (χ0n) is 12.2. The smallest absolute Gasteiger partial charge is 0.321 e. The molecule has 0 saturated heterocycles. The minimum absolute atomic E-state index is 0.0961. The fourth-order valence-electron chi connectivity index (χ4n) is 1.78. The van der Waals surface area contributed by atoms with Gasteiger partial charge in [-0.15, -0.1) is 0 Å². The first-order valence-electron chi connectivity index (χ1n) is 6.76. The summed E-state index contributed by atoms with van der Waals surface area (Å²) in [6, 6.07) is 7.79. The maximum absolute atomic E-state index is 12.2. The number of carbonyl (C=O) groups excluding carboxylic acids is 3. The van der Waals surface area contributed by atoms with Crippen LogP contribution in [0.4, 0.5) is 4.79 Å². The lowest BCUT2D eigenvalue weighted by Crippen LogP contribution is -2.89. The summed E-state index contributed by atoms with van der Waals surface area (Å²) in [6.45, 7) is 2.28. The topological polar surface area (TPSA) is 104 Å². The van der Waals surface area contributed by atoms with Crippen LogP contribution in [-0.2, 0) is 9.59 Å². The first-order valence-corrected chi connectivity index (χ1v) is 6.76. The maximum atomic E-state index is 12.2. The van der Waals surface area contributed by atoms with E-state index in [0.717, 1.165) is 5.56 Å². The Bertz CT molecular complexity index is 490. The molecule has 5 N–H and O–H groups in total. The van der Waals surface area contributed by atoms with E-state index in [1.54, 1.807) is 36.5 Å². The van der Waals surface area contributed by atoms with E-state index in [0.29, 0.717) is 6.54 Å². The Hall–Kier alpha value is -2.41. The highest BCUT2D eigenvalue weighted by Crippen LogP contribution is 2.08. The van der Waals surface area contributed by atoms with E-state index in [2.05, 4.69) is 16.0 Å². The molecule has 4 amide bonds. The van der Waals surface area contributed by atoms with Crippen LogP contribution in [0.5, 0.6) is 0 Å². The second-order valence-corrected chi connectivity index (χ2v) is 4.35. The van der Waals surface area contributed by atoms with Crippen LogP contribution in [0.2, 0.25) is 0 Å². The van der Waals surface area contributed by atoms with Gasteiger partial charge in [-0.05, 0) is 6.92 Å². The molecule has 0 spiro atoms. The lowest BCUT2D eigenvalue weighted by molar-refractivity contribution is -0.672. The third-order valence-electron chi connectivity index (χ3n) is 2.83. The molecule has 1 aromatic carbocycles. The summed E-state index contributed by atoms with van der Waals surface area (Å²) in [4.78, 5) is 35.0.